The molecule has 5 rings (SSSR count). The number of anilines is 1. The van der Waals surface area contributed by atoms with E-state index < -0.39 is 0 Å². The molecular weight excluding hydrogens is 498 g/mol. The van der Waals surface area contributed by atoms with E-state index in [-0.39, 0.29) is 17.2 Å². The smallest absolute Gasteiger partial charge is 0.231 e. The maximum atomic E-state index is 14.0. The highest BCUT2D eigenvalue weighted by Crippen LogP contribution is 2.39. The van der Waals surface area contributed by atoms with Crippen molar-refractivity contribution in [3.05, 3.63) is 59.8 Å². The Bertz CT molecular complexity index is 1290. The summed E-state index contributed by atoms with van der Waals surface area (Å²) in [4.78, 5) is 25.5. The molecule has 2 saturated carbocycles. The average Bonchev–Trinajstić information content (AvgIpc) is 3.48. The van der Waals surface area contributed by atoms with E-state index >= 15 is 0 Å². The Morgan fingerprint density at radius 3 is 2.42 bits per heavy atom. The van der Waals surface area contributed by atoms with E-state index in [9.17, 15) is 4.79 Å². The van der Waals surface area contributed by atoms with Crippen LogP contribution >= 0.6 is 0 Å². The van der Waals surface area contributed by atoms with Gasteiger partial charge >= 0.3 is 0 Å². The molecule has 2 aliphatic rings. The third kappa shape index (κ3) is 6.42. The molecule has 6 heteroatoms. The van der Waals surface area contributed by atoms with Crippen molar-refractivity contribution in [1.29, 1.82) is 0 Å². The predicted octanol–water partition coefficient (Wildman–Crippen LogP) is 8.24. The Kier molecular flexibility index (Phi) is 8.62. The summed E-state index contributed by atoms with van der Waals surface area (Å²) in [6, 6.07) is 10.6. The van der Waals surface area contributed by atoms with Gasteiger partial charge in [-0.3, -0.25) is 9.69 Å². The number of pyridine rings is 1. The van der Waals surface area contributed by atoms with Crippen LogP contribution in [0.25, 0.3) is 11.3 Å². The van der Waals surface area contributed by atoms with E-state index in [0.717, 1.165) is 80.7 Å². The SMILES string of the molecule is COc1ccc([C@H]2CC[C@H](CN(C(=O)C3CCCCC3)c3cc(-c4coc(C(C)(C)C)n4)ccn3)CC2)cc1C. The van der Waals surface area contributed by atoms with Crippen LogP contribution in [0.1, 0.15) is 101 Å². The van der Waals surface area contributed by atoms with Crippen molar-refractivity contribution >= 4 is 11.7 Å². The van der Waals surface area contributed by atoms with Gasteiger partial charge in [0.1, 0.15) is 23.5 Å². The lowest BCUT2D eigenvalue weighted by atomic mass is 9.78. The quantitative estimate of drug-likeness (QED) is 0.300. The molecule has 6 nitrogen and oxygen atoms in total. The van der Waals surface area contributed by atoms with Crippen LogP contribution in [0.4, 0.5) is 5.82 Å². The van der Waals surface area contributed by atoms with Crippen molar-refractivity contribution in [2.75, 3.05) is 18.6 Å². The normalized spacial score (nSPS) is 20.3. The van der Waals surface area contributed by atoms with E-state index in [1.54, 1.807) is 19.6 Å². The summed E-state index contributed by atoms with van der Waals surface area (Å²) in [6.45, 7) is 9.13. The van der Waals surface area contributed by atoms with Crippen molar-refractivity contribution in [3.63, 3.8) is 0 Å². The average molecular weight is 544 g/mol. The fraction of sp³-hybridized carbons (Fsp3) is 0.559. The number of rotatable bonds is 7. The van der Waals surface area contributed by atoms with Gasteiger partial charge in [-0.05, 0) is 86.6 Å². The Morgan fingerprint density at radius 1 is 1.02 bits per heavy atom. The van der Waals surface area contributed by atoms with Gasteiger partial charge in [-0.1, -0.05) is 52.2 Å². The summed E-state index contributed by atoms with van der Waals surface area (Å²) >= 11 is 0. The van der Waals surface area contributed by atoms with Crippen LogP contribution in [-0.4, -0.2) is 29.5 Å². The molecule has 0 bridgehead atoms. The Labute approximate surface area is 239 Å². The van der Waals surface area contributed by atoms with Crippen LogP contribution in [0.5, 0.6) is 5.75 Å². The van der Waals surface area contributed by atoms with E-state index in [1.165, 1.54) is 17.5 Å². The summed E-state index contributed by atoms with van der Waals surface area (Å²) in [6.07, 6.45) is 13.5. The molecule has 2 aliphatic carbocycles. The first-order valence-corrected chi connectivity index (χ1v) is 15.1. The summed E-state index contributed by atoms with van der Waals surface area (Å²) in [5, 5.41) is 0. The van der Waals surface area contributed by atoms with Crippen molar-refractivity contribution in [2.24, 2.45) is 11.8 Å². The number of amides is 1. The number of hydrogen-bond acceptors (Lipinski definition) is 5. The maximum absolute atomic E-state index is 14.0. The molecule has 0 aliphatic heterocycles. The maximum Gasteiger partial charge on any atom is 0.231 e. The Morgan fingerprint density at radius 2 is 1.77 bits per heavy atom. The first-order valence-electron chi connectivity index (χ1n) is 15.1. The minimum Gasteiger partial charge on any atom is -0.496 e. The number of hydrogen-bond donors (Lipinski definition) is 0. The lowest BCUT2D eigenvalue weighted by Gasteiger charge is -2.35. The van der Waals surface area contributed by atoms with Gasteiger partial charge in [-0.25, -0.2) is 9.97 Å². The largest absolute Gasteiger partial charge is 0.496 e. The molecule has 1 amide bonds. The minimum atomic E-state index is -0.166. The van der Waals surface area contributed by atoms with E-state index in [1.807, 2.05) is 17.0 Å². The van der Waals surface area contributed by atoms with E-state index in [2.05, 4.69) is 45.9 Å². The number of aromatic nitrogens is 2. The van der Waals surface area contributed by atoms with Crippen LogP contribution in [0.15, 0.2) is 47.2 Å². The molecule has 0 saturated heterocycles. The molecule has 2 heterocycles. The third-order valence-electron chi connectivity index (χ3n) is 8.86. The van der Waals surface area contributed by atoms with Gasteiger partial charge in [0.2, 0.25) is 5.91 Å². The van der Waals surface area contributed by atoms with Crippen LogP contribution in [0.2, 0.25) is 0 Å². The first kappa shape index (κ1) is 28.4. The molecule has 1 aromatic carbocycles. The predicted molar refractivity (Wildman–Crippen MR) is 160 cm³/mol. The third-order valence-corrected chi connectivity index (χ3v) is 8.86. The number of nitrogens with zero attached hydrogens (tertiary/aromatic N) is 3. The van der Waals surface area contributed by atoms with Crippen LogP contribution in [0.3, 0.4) is 0 Å². The fourth-order valence-electron chi connectivity index (χ4n) is 6.43. The number of aryl methyl sites for hydroxylation is 1. The first-order chi connectivity index (χ1) is 19.2. The number of oxazole rings is 1. The van der Waals surface area contributed by atoms with Gasteiger partial charge < -0.3 is 9.15 Å². The van der Waals surface area contributed by atoms with Crippen molar-refractivity contribution in [3.8, 4) is 17.0 Å². The zero-order valence-electron chi connectivity index (χ0n) is 24.9. The molecule has 2 aromatic heterocycles. The van der Waals surface area contributed by atoms with Gasteiger partial charge in [0.15, 0.2) is 5.89 Å². The van der Waals surface area contributed by atoms with E-state index in [4.69, 9.17) is 19.1 Å². The summed E-state index contributed by atoms with van der Waals surface area (Å²) in [7, 11) is 1.73. The monoisotopic (exact) mass is 543 g/mol. The number of carbonyl (C=O) groups is 1. The highest BCUT2D eigenvalue weighted by molar-refractivity contribution is 5.94. The van der Waals surface area contributed by atoms with Gasteiger partial charge in [0, 0.05) is 29.6 Å². The second kappa shape index (κ2) is 12.2. The highest BCUT2D eigenvalue weighted by atomic mass is 16.5. The summed E-state index contributed by atoms with van der Waals surface area (Å²) in [5.74, 6) is 3.76. The van der Waals surface area contributed by atoms with Gasteiger partial charge in [-0.2, -0.15) is 0 Å². The second-order valence-electron chi connectivity index (χ2n) is 12.9. The fourth-order valence-corrected chi connectivity index (χ4v) is 6.43. The van der Waals surface area contributed by atoms with Crippen molar-refractivity contribution in [1.82, 2.24) is 9.97 Å². The molecule has 2 fully saturated rings. The zero-order chi connectivity index (χ0) is 28.3. The molecule has 0 radical (unpaired) electrons. The van der Waals surface area contributed by atoms with Crippen LogP contribution in [0, 0.1) is 18.8 Å². The van der Waals surface area contributed by atoms with Gasteiger partial charge in [-0.15, -0.1) is 0 Å². The van der Waals surface area contributed by atoms with E-state index in [0.29, 0.717) is 17.7 Å². The molecule has 3 aromatic rings. The Hall–Kier alpha value is -3.15. The zero-order valence-corrected chi connectivity index (χ0v) is 24.9. The van der Waals surface area contributed by atoms with Crippen molar-refractivity contribution in [2.45, 2.75) is 96.8 Å². The van der Waals surface area contributed by atoms with Crippen LogP contribution in [-0.2, 0) is 10.2 Å². The number of methoxy groups -OCH3 is 1. The lowest BCUT2D eigenvalue weighted by Crippen LogP contribution is -2.41. The number of benzene rings is 1. The summed E-state index contributed by atoms with van der Waals surface area (Å²) < 4.78 is 11.3. The second-order valence-corrected chi connectivity index (χ2v) is 12.9. The molecule has 0 atom stereocenters. The van der Waals surface area contributed by atoms with Crippen molar-refractivity contribution < 1.29 is 13.9 Å². The van der Waals surface area contributed by atoms with Crippen LogP contribution < -0.4 is 9.64 Å². The molecule has 0 unspecified atom stereocenters. The van der Waals surface area contributed by atoms with Gasteiger partial charge in [0.05, 0.1) is 7.11 Å². The Balaban J connectivity index is 1.34. The van der Waals surface area contributed by atoms with Gasteiger partial charge in [0.25, 0.3) is 0 Å². The summed E-state index contributed by atoms with van der Waals surface area (Å²) in [5.41, 5.74) is 4.15. The molecular formula is C34H45N3O3. The lowest BCUT2D eigenvalue weighted by molar-refractivity contribution is -0.123. The molecule has 214 valence electrons. The number of carbonyl (C=O) groups excluding carboxylic acids is 1. The molecule has 0 spiro atoms. The highest BCUT2D eigenvalue weighted by Gasteiger charge is 2.32. The molecule has 40 heavy (non-hydrogen) atoms. The molecule has 0 N–H and O–H groups in total. The standard InChI is InChI=1S/C34H45N3O3/c1-23-19-27(15-16-30(23)39-5)25-13-11-24(12-14-25)21-37(32(38)26-9-7-6-8-10-26)31-20-28(17-18-35-31)29-22-40-33(36-29)34(2,3)4/h15-20,22,24-26H,6-14,21H2,1-5H3/t24-,25-. The minimum absolute atomic E-state index is 0.0948. The topological polar surface area (TPSA) is 68.5 Å². The number of ether oxygens (including phenoxy) is 1.